The third-order valence-electron chi connectivity index (χ3n) is 4.69. The molecule has 1 N–H and O–H groups in total. The highest BCUT2D eigenvalue weighted by Crippen LogP contribution is 2.30. The third kappa shape index (κ3) is 3.44. The van der Waals surface area contributed by atoms with Gasteiger partial charge in [0.25, 0.3) is 5.91 Å². The topological polar surface area (TPSA) is 43.3 Å². The molecule has 1 aromatic heterocycles. The van der Waals surface area contributed by atoms with Crippen LogP contribution in [0, 0.1) is 18.6 Å². The minimum absolute atomic E-state index is 0.309. The SMILES string of the molecule is CCONC(=O)c1c(C)c2c(n1Cc1ccc(F)c(F)c1)CCCC2. The number of hydrogen-bond donors (Lipinski definition) is 1. The number of carbonyl (C=O) groups excluding carboxylic acids is 1. The number of nitrogens with zero attached hydrogens (tertiary/aromatic N) is 1. The molecule has 0 atom stereocenters. The van der Waals surface area contributed by atoms with E-state index in [1.807, 2.05) is 11.5 Å². The van der Waals surface area contributed by atoms with Crippen molar-refractivity contribution >= 4 is 5.91 Å². The third-order valence-corrected chi connectivity index (χ3v) is 4.69. The lowest BCUT2D eigenvalue weighted by Crippen LogP contribution is -2.27. The lowest BCUT2D eigenvalue weighted by atomic mass is 9.95. The van der Waals surface area contributed by atoms with Gasteiger partial charge in [0, 0.05) is 12.2 Å². The quantitative estimate of drug-likeness (QED) is 0.838. The predicted molar refractivity (Wildman–Crippen MR) is 90.4 cm³/mol. The molecule has 0 saturated heterocycles. The minimum atomic E-state index is -0.879. The molecule has 3 rings (SSSR count). The largest absolute Gasteiger partial charge is 0.336 e. The molecule has 2 aromatic rings. The summed E-state index contributed by atoms with van der Waals surface area (Å²) in [5, 5.41) is 0. The molecule has 0 unspecified atom stereocenters. The van der Waals surface area contributed by atoms with E-state index in [1.54, 1.807) is 13.0 Å². The van der Waals surface area contributed by atoms with Crippen LogP contribution in [0.2, 0.25) is 0 Å². The minimum Gasteiger partial charge on any atom is -0.336 e. The van der Waals surface area contributed by atoms with E-state index in [-0.39, 0.29) is 5.91 Å². The number of fused-ring (bicyclic) bond motifs is 1. The van der Waals surface area contributed by atoms with Gasteiger partial charge < -0.3 is 4.57 Å². The number of hydroxylamine groups is 1. The predicted octanol–water partition coefficient (Wildman–Crippen LogP) is 3.68. The van der Waals surface area contributed by atoms with E-state index < -0.39 is 11.6 Å². The Morgan fingerprint density at radius 1 is 1.24 bits per heavy atom. The van der Waals surface area contributed by atoms with Crippen LogP contribution >= 0.6 is 0 Å². The fraction of sp³-hybridized carbons (Fsp3) is 0.421. The summed E-state index contributed by atoms with van der Waals surface area (Å²) < 4.78 is 28.7. The van der Waals surface area contributed by atoms with Gasteiger partial charge in [-0.1, -0.05) is 6.07 Å². The van der Waals surface area contributed by atoms with Gasteiger partial charge in [-0.2, -0.15) is 0 Å². The summed E-state index contributed by atoms with van der Waals surface area (Å²) >= 11 is 0. The summed E-state index contributed by atoms with van der Waals surface area (Å²) in [6, 6.07) is 3.85. The number of carbonyl (C=O) groups is 1. The van der Waals surface area contributed by atoms with Crippen molar-refractivity contribution in [2.45, 2.75) is 46.1 Å². The van der Waals surface area contributed by atoms with Crippen LogP contribution in [-0.2, 0) is 24.2 Å². The maximum absolute atomic E-state index is 13.6. The van der Waals surface area contributed by atoms with Crippen LogP contribution in [0.15, 0.2) is 18.2 Å². The van der Waals surface area contributed by atoms with E-state index in [0.29, 0.717) is 24.4 Å². The van der Waals surface area contributed by atoms with Gasteiger partial charge in [-0.15, -0.1) is 0 Å². The molecule has 0 aliphatic heterocycles. The second-order valence-electron chi connectivity index (χ2n) is 6.30. The number of amides is 1. The normalized spacial score (nSPS) is 13.6. The first-order valence-electron chi connectivity index (χ1n) is 8.59. The van der Waals surface area contributed by atoms with Crippen LogP contribution in [0.5, 0.6) is 0 Å². The Morgan fingerprint density at radius 3 is 2.72 bits per heavy atom. The van der Waals surface area contributed by atoms with Crippen LogP contribution in [0.1, 0.15) is 52.6 Å². The molecule has 25 heavy (non-hydrogen) atoms. The van der Waals surface area contributed by atoms with Crippen molar-refractivity contribution in [3.8, 4) is 0 Å². The molecule has 1 aliphatic rings. The summed E-state index contributed by atoms with van der Waals surface area (Å²) in [4.78, 5) is 17.6. The van der Waals surface area contributed by atoms with Crippen LogP contribution in [0.3, 0.4) is 0 Å². The number of halogens is 2. The summed E-state index contributed by atoms with van der Waals surface area (Å²) in [5.41, 5.74) is 6.84. The zero-order valence-electron chi connectivity index (χ0n) is 14.5. The molecule has 0 spiro atoms. The molecule has 1 amide bonds. The number of rotatable bonds is 5. The Hall–Kier alpha value is -2.21. The first-order chi connectivity index (χ1) is 12.0. The van der Waals surface area contributed by atoms with E-state index >= 15 is 0 Å². The lowest BCUT2D eigenvalue weighted by Gasteiger charge is -2.17. The number of nitrogens with one attached hydrogen (secondary N) is 1. The Bertz CT molecular complexity index is 799. The monoisotopic (exact) mass is 348 g/mol. The average Bonchev–Trinajstić information content (AvgIpc) is 2.89. The van der Waals surface area contributed by atoms with Crippen molar-refractivity contribution in [1.82, 2.24) is 10.0 Å². The van der Waals surface area contributed by atoms with Crippen molar-refractivity contribution in [2.75, 3.05) is 6.61 Å². The van der Waals surface area contributed by atoms with E-state index in [9.17, 15) is 13.6 Å². The fourth-order valence-corrected chi connectivity index (χ4v) is 3.55. The van der Waals surface area contributed by atoms with Crippen molar-refractivity contribution in [2.24, 2.45) is 0 Å². The van der Waals surface area contributed by atoms with Crippen LogP contribution in [-0.4, -0.2) is 17.1 Å². The van der Waals surface area contributed by atoms with Gasteiger partial charge in [-0.3, -0.25) is 9.63 Å². The molecule has 6 heteroatoms. The second-order valence-corrected chi connectivity index (χ2v) is 6.30. The molecule has 0 radical (unpaired) electrons. The molecular formula is C19H22F2N2O2. The van der Waals surface area contributed by atoms with Crippen LogP contribution in [0.4, 0.5) is 8.78 Å². The highest BCUT2D eigenvalue weighted by Gasteiger charge is 2.26. The molecule has 0 fully saturated rings. The van der Waals surface area contributed by atoms with Gasteiger partial charge in [0.1, 0.15) is 5.69 Å². The zero-order valence-corrected chi connectivity index (χ0v) is 14.5. The van der Waals surface area contributed by atoms with E-state index in [1.165, 1.54) is 11.6 Å². The Kier molecular flexibility index (Phi) is 5.18. The molecule has 0 saturated carbocycles. The molecule has 134 valence electrons. The van der Waals surface area contributed by atoms with E-state index in [0.717, 1.165) is 43.0 Å². The highest BCUT2D eigenvalue weighted by molar-refractivity contribution is 5.94. The van der Waals surface area contributed by atoms with E-state index in [2.05, 4.69) is 5.48 Å². The molecule has 1 aromatic carbocycles. The highest BCUT2D eigenvalue weighted by atomic mass is 19.2. The zero-order chi connectivity index (χ0) is 18.0. The van der Waals surface area contributed by atoms with Crippen LogP contribution in [0.25, 0.3) is 0 Å². The fourth-order valence-electron chi connectivity index (χ4n) is 3.55. The first-order valence-corrected chi connectivity index (χ1v) is 8.59. The number of benzene rings is 1. The molecule has 0 bridgehead atoms. The molecular weight excluding hydrogens is 326 g/mol. The maximum atomic E-state index is 13.6. The van der Waals surface area contributed by atoms with Gasteiger partial charge >= 0.3 is 0 Å². The Balaban J connectivity index is 2.03. The lowest BCUT2D eigenvalue weighted by molar-refractivity contribution is 0.0355. The number of hydrogen-bond acceptors (Lipinski definition) is 2. The van der Waals surface area contributed by atoms with Gasteiger partial charge in [0.05, 0.1) is 6.61 Å². The Morgan fingerprint density at radius 2 is 2.00 bits per heavy atom. The summed E-state index contributed by atoms with van der Waals surface area (Å²) in [5.74, 6) is -2.06. The van der Waals surface area contributed by atoms with Crippen molar-refractivity contribution in [3.63, 3.8) is 0 Å². The van der Waals surface area contributed by atoms with Crippen molar-refractivity contribution in [3.05, 3.63) is 57.9 Å². The summed E-state index contributed by atoms with van der Waals surface area (Å²) in [6.07, 6.45) is 3.96. The average molecular weight is 348 g/mol. The molecule has 4 nitrogen and oxygen atoms in total. The van der Waals surface area contributed by atoms with Crippen molar-refractivity contribution in [1.29, 1.82) is 0 Å². The maximum Gasteiger partial charge on any atom is 0.291 e. The summed E-state index contributed by atoms with van der Waals surface area (Å²) in [6.45, 7) is 4.42. The van der Waals surface area contributed by atoms with Crippen molar-refractivity contribution < 1.29 is 18.4 Å². The summed E-state index contributed by atoms with van der Waals surface area (Å²) in [7, 11) is 0. The van der Waals surface area contributed by atoms with Gasteiger partial charge in [0.15, 0.2) is 11.6 Å². The van der Waals surface area contributed by atoms with Gasteiger partial charge in [-0.05, 0) is 68.4 Å². The van der Waals surface area contributed by atoms with Gasteiger partial charge in [-0.25, -0.2) is 14.3 Å². The smallest absolute Gasteiger partial charge is 0.291 e. The van der Waals surface area contributed by atoms with Crippen LogP contribution < -0.4 is 5.48 Å². The number of aromatic nitrogens is 1. The second kappa shape index (κ2) is 7.35. The first kappa shape index (κ1) is 17.6. The van der Waals surface area contributed by atoms with Gasteiger partial charge in [0.2, 0.25) is 0 Å². The molecule has 1 aliphatic carbocycles. The molecule has 1 heterocycles. The van der Waals surface area contributed by atoms with E-state index in [4.69, 9.17) is 4.84 Å². The Labute approximate surface area is 145 Å². The standard InChI is InChI=1S/C19H22F2N2O2/c1-3-25-22-19(24)18-12(2)14-6-4-5-7-17(14)23(18)11-13-8-9-15(20)16(21)10-13/h8-10H,3-7,11H2,1-2H3,(H,22,24).